The third kappa shape index (κ3) is 3.34. The van der Waals surface area contributed by atoms with Gasteiger partial charge in [-0.25, -0.2) is 0 Å². The molecule has 0 unspecified atom stereocenters. The molecule has 0 spiro atoms. The van der Waals surface area contributed by atoms with Gasteiger partial charge in [0.25, 0.3) is 5.69 Å². The number of benzene rings is 2. The number of para-hydroxylation sites is 1. The first-order valence-electron chi connectivity index (χ1n) is 5.69. The van der Waals surface area contributed by atoms with Crippen LogP contribution in [-0.4, -0.2) is 10.7 Å². The first-order valence-corrected chi connectivity index (χ1v) is 7.15. The molecule has 0 fully saturated rings. The largest absolute Gasteiger partial charge is 0.294 e. The summed E-state index contributed by atoms with van der Waals surface area (Å²) in [6.45, 7) is 0. The van der Waals surface area contributed by atoms with Crippen molar-refractivity contribution in [2.24, 2.45) is 0 Å². The summed E-state index contributed by atoms with van der Waals surface area (Å²) in [7, 11) is 0. The maximum Gasteiger partial charge on any atom is 0.273 e. The number of carbonyl (C=O) groups is 1. The zero-order valence-corrected chi connectivity index (χ0v) is 13.1. The molecule has 0 atom stereocenters. The van der Waals surface area contributed by atoms with Gasteiger partial charge in [0.1, 0.15) is 0 Å². The van der Waals surface area contributed by atoms with E-state index in [0.29, 0.717) is 16.1 Å². The molecule has 20 heavy (non-hydrogen) atoms. The van der Waals surface area contributed by atoms with E-state index in [1.165, 1.54) is 6.07 Å². The van der Waals surface area contributed by atoms with Gasteiger partial charge >= 0.3 is 0 Å². The number of carbonyl (C=O) groups excluding carboxylic acids is 1. The molecule has 0 bridgehead atoms. The maximum atomic E-state index is 12.3. The molecular formula is C14H9ClINO3. The quantitative estimate of drug-likeness (QED) is 0.332. The zero-order valence-electron chi connectivity index (χ0n) is 10.2. The van der Waals surface area contributed by atoms with E-state index in [1.807, 2.05) is 22.6 Å². The molecule has 0 aliphatic rings. The summed E-state index contributed by atoms with van der Waals surface area (Å²) in [5, 5.41) is 11.4. The predicted octanol–water partition coefficient (Wildman–Crippen LogP) is 4.28. The average Bonchev–Trinajstić information content (AvgIpc) is 2.41. The zero-order chi connectivity index (χ0) is 14.7. The molecule has 2 aromatic carbocycles. The molecule has 0 saturated carbocycles. The molecule has 0 radical (unpaired) electrons. The van der Waals surface area contributed by atoms with Gasteiger partial charge in [0, 0.05) is 32.2 Å². The first-order chi connectivity index (χ1) is 9.49. The molecule has 2 rings (SSSR count). The Hall–Kier alpha value is -1.47. The Morgan fingerprint density at radius 3 is 2.65 bits per heavy atom. The number of hydrogen-bond donors (Lipinski definition) is 0. The number of rotatable bonds is 4. The van der Waals surface area contributed by atoms with Gasteiger partial charge in [-0.15, -0.1) is 0 Å². The second-order valence-corrected chi connectivity index (χ2v) is 5.71. The van der Waals surface area contributed by atoms with Gasteiger partial charge in [-0.3, -0.25) is 14.9 Å². The van der Waals surface area contributed by atoms with Crippen molar-refractivity contribution in [1.29, 1.82) is 0 Å². The molecule has 0 N–H and O–H groups in total. The van der Waals surface area contributed by atoms with Crippen LogP contribution in [0.25, 0.3) is 0 Å². The summed E-state index contributed by atoms with van der Waals surface area (Å²) in [5.41, 5.74) is 0.840. The van der Waals surface area contributed by atoms with E-state index in [-0.39, 0.29) is 17.9 Å². The second kappa shape index (κ2) is 6.32. The minimum atomic E-state index is -0.481. The SMILES string of the molecule is O=C(Cc1ccccc1[N+](=O)[O-])c1cc(Cl)ccc1I. The number of halogens is 2. The number of nitro benzene ring substituents is 1. The van der Waals surface area contributed by atoms with Gasteiger partial charge < -0.3 is 0 Å². The second-order valence-electron chi connectivity index (χ2n) is 4.11. The molecule has 102 valence electrons. The molecular weight excluding hydrogens is 393 g/mol. The molecule has 2 aromatic rings. The number of Topliss-reactive ketones (excluding diaryl/α,β-unsaturated/α-hetero) is 1. The van der Waals surface area contributed by atoms with Crippen molar-refractivity contribution in [3.05, 3.63) is 72.3 Å². The first kappa shape index (κ1) is 14.9. The van der Waals surface area contributed by atoms with E-state index in [0.717, 1.165) is 3.57 Å². The van der Waals surface area contributed by atoms with Crippen LogP contribution in [0.1, 0.15) is 15.9 Å². The topological polar surface area (TPSA) is 60.2 Å². The van der Waals surface area contributed by atoms with Gasteiger partial charge in [0.2, 0.25) is 0 Å². The van der Waals surface area contributed by atoms with E-state index in [1.54, 1.807) is 36.4 Å². The van der Waals surface area contributed by atoms with Crippen LogP contribution in [-0.2, 0) is 6.42 Å². The highest BCUT2D eigenvalue weighted by atomic mass is 127. The Morgan fingerprint density at radius 1 is 1.25 bits per heavy atom. The van der Waals surface area contributed by atoms with Crippen molar-refractivity contribution < 1.29 is 9.72 Å². The van der Waals surface area contributed by atoms with Crippen LogP contribution >= 0.6 is 34.2 Å². The van der Waals surface area contributed by atoms with E-state index in [9.17, 15) is 14.9 Å². The van der Waals surface area contributed by atoms with Crippen LogP contribution in [0, 0.1) is 13.7 Å². The van der Waals surface area contributed by atoms with E-state index >= 15 is 0 Å². The minimum Gasteiger partial charge on any atom is -0.294 e. The van der Waals surface area contributed by atoms with Crippen LogP contribution in [0.4, 0.5) is 5.69 Å². The van der Waals surface area contributed by atoms with Crippen molar-refractivity contribution in [3.63, 3.8) is 0 Å². The van der Waals surface area contributed by atoms with Crippen molar-refractivity contribution in [3.8, 4) is 0 Å². The Kier molecular flexibility index (Phi) is 4.72. The molecule has 0 heterocycles. The molecule has 6 heteroatoms. The van der Waals surface area contributed by atoms with Crippen molar-refractivity contribution in [2.75, 3.05) is 0 Å². The van der Waals surface area contributed by atoms with Crippen LogP contribution < -0.4 is 0 Å². The van der Waals surface area contributed by atoms with E-state index in [4.69, 9.17) is 11.6 Å². The maximum absolute atomic E-state index is 12.3. The van der Waals surface area contributed by atoms with Crippen LogP contribution in [0.5, 0.6) is 0 Å². The van der Waals surface area contributed by atoms with Crippen molar-refractivity contribution in [1.82, 2.24) is 0 Å². The lowest BCUT2D eigenvalue weighted by Crippen LogP contribution is -2.07. The smallest absolute Gasteiger partial charge is 0.273 e. The van der Waals surface area contributed by atoms with Gasteiger partial charge in [-0.2, -0.15) is 0 Å². The Bertz CT molecular complexity index is 688. The molecule has 0 aliphatic heterocycles. The molecule has 0 amide bonds. The van der Waals surface area contributed by atoms with Gasteiger partial charge in [0.05, 0.1) is 4.92 Å². The third-order valence-corrected chi connectivity index (χ3v) is 3.94. The van der Waals surface area contributed by atoms with Gasteiger partial charge in [-0.1, -0.05) is 29.8 Å². The van der Waals surface area contributed by atoms with Gasteiger partial charge in [0.15, 0.2) is 5.78 Å². The molecule has 4 nitrogen and oxygen atoms in total. The highest BCUT2D eigenvalue weighted by molar-refractivity contribution is 14.1. The lowest BCUT2D eigenvalue weighted by molar-refractivity contribution is -0.385. The van der Waals surface area contributed by atoms with Crippen LogP contribution in [0.2, 0.25) is 5.02 Å². The molecule has 0 aliphatic carbocycles. The fraction of sp³-hybridized carbons (Fsp3) is 0.0714. The van der Waals surface area contributed by atoms with Crippen LogP contribution in [0.15, 0.2) is 42.5 Å². The monoisotopic (exact) mass is 401 g/mol. The predicted molar refractivity (Wildman–Crippen MR) is 85.3 cm³/mol. The lowest BCUT2D eigenvalue weighted by atomic mass is 10.0. The third-order valence-electron chi connectivity index (χ3n) is 2.77. The van der Waals surface area contributed by atoms with Crippen molar-refractivity contribution in [2.45, 2.75) is 6.42 Å². The number of nitro groups is 1. The average molecular weight is 402 g/mol. The van der Waals surface area contributed by atoms with Crippen LogP contribution in [0.3, 0.4) is 0 Å². The highest BCUT2D eigenvalue weighted by Crippen LogP contribution is 2.23. The number of hydrogen-bond acceptors (Lipinski definition) is 3. The summed E-state index contributed by atoms with van der Waals surface area (Å²) in [6.07, 6.45) is -0.0203. The van der Waals surface area contributed by atoms with Crippen molar-refractivity contribution >= 4 is 45.7 Å². The number of ketones is 1. The van der Waals surface area contributed by atoms with Gasteiger partial charge in [-0.05, 0) is 40.8 Å². The highest BCUT2D eigenvalue weighted by Gasteiger charge is 2.18. The summed E-state index contributed by atoms with van der Waals surface area (Å²) < 4.78 is 0.774. The van der Waals surface area contributed by atoms with E-state index in [2.05, 4.69) is 0 Å². The summed E-state index contributed by atoms with van der Waals surface area (Å²) in [4.78, 5) is 22.7. The summed E-state index contributed by atoms with van der Waals surface area (Å²) >= 11 is 7.93. The standard InChI is InChI=1S/C14H9ClINO3/c15-10-5-6-12(16)11(8-10)14(18)7-9-3-1-2-4-13(9)17(19)20/h1-6,8H,7H2. The minimum absolute atomic E-state index is 0.0203. The lowest BCUT2D eigenvalue weighted by Gasteiger charge is -2.05. The Labute approximate surface area is 134 Å². The summed E-state index contributed by atoms with van der Waals surface area (Å²) in [6, 6.07) is 11.3. The number of nitrogens with zero attached hydrogens (tertiary/aromatic N) is 1. The normalized spacial score (nSPS) is 10.3. The fourth-order valence-corrected chi connectivity index (χ4v) is 2.63. The molecule has 0 saturated heterocycles. The fourth-order valence-electron chi connectivity index (χ4n) is 1.82. The molecule has 0 aromatic heterocycles. The Balaban J connectivity index is 2.33. The van der Waals surface area contributed by atoms with E-state index < -0.39 is 4.92 Å². The Morgan fingerprint density at radius 2 is 1.95 bits per heavy atom. The summed E-state index contributed by atoms with van der Waals surface area (Å²) in [5.74, 6) is -0.189.